The van der Waals surface area contributed by atoms with Crippen LogP contribution in [0.2, 0.25) is 0 Å². The van der Waals surface area contributed by atoms with E-state index in [2.05, 4.69) is 27.6 Å². The lowest BCUT2D eigenvalue weighted by Gasteiger charge is -2.36. The van der Waals surface area contributed by atoms with Crippen molar-refractivity contribution in [2.24, 2.45) is 5.92 Å². The first-order valence-corrected chi connectivity index (χ1v) is 11.4. The number of rotatable bonds is 8. The molecule has 4 rings (SSSR count). The molecule has 0 aliphatic carbocycles. The third-order valence-corrected chi connectivity index (χ3v) is 6.08. The van der Waals surface area contributed by atoms with Crippen molar-refractivity contribution in [1.82, 2.24) is 19.5 Å². The van der Waals surface area contributed by atoms with E-state index >= 15 is 0 Å². The van der Waals surface area contributed by atoms with Crippen molar-refractivity contribution in [1.29, 1.82) is 5.26 Å². The fraction of sp³-hybridized carbons (Fsp3) is 0.360. The van der Waals surface area contributed by atoms with Gasteiger partial charge in [-0.05, 0) is 18.2 Å². The highest BCUT2D eigenvalue weighted by Gasteiger charge is 2.24. The molecule has 1 aliphatic rings. The summed E-state index contributed by atoms with van der Waals surface area (Å²) >= 11 is 0. The van der Waals surface area contributed by atoms with Crippen molar-refractivity contribution in [3.05, 3.63) is 55.0 Å². The average Bonchev–Trinajstić information content (AvgIpc) is 3.33. The molecular formula is C25H28N6O4. The number of aromatic nitrogens is 3. The second kappa shape index (κ2) is 10.5. The van der Waals surface area contributed by atoms with E-state index in [-0.39, 0.29) is 18.4 Å². The number of amides is 1. The molecule has 182 valence electrons. The third-order valence-electron chi connectivity index (χ3n) is 6.08. The van der Waals surface area contributed by atoms with E-state index in [0.717, 1.165) is 11.4 Å². The van der Waals surface area contributed by atoms with E-state index in [0.29, 0.717) is 48.6 Å². The number of fused-ring (bicyclic) bond motifs is 1. The number of nitriles is 1. The number of hydrogen-bond acceptors (Lipinski definition) is 8. The van der Waals surface area contributed by atoms with Gasteiger partial charge in [-0.3, -0.25) is 4.79 Å². The highest BCUT2D eigenvalue weighted by molar-refractivity contribution is 5.85. The molecule has 3 aromatic rings. The number of ether oxygens (including phenoxy) is 1. The summed E-state index contributed by atoms with van der Waals surface area (Å²) in [6.45, 7) is 7.70. The number of nitrogens with zero attached hydrogens (tertiary/aromatic N) is 6. The van der Waals surface area contributed by atoms with Gasteiger partial charge in [-0.1, -0.05) is 13.0 Å². The largest absolute Gasteiger partial charge is 0.489 e. The minimum absolute atomic E-state index is 0.0783. The zero-order chi connectivity index (χ0) is 24.9. The number of aliphatic hydroxyl groups excluding tert-OH is 2. The highest BCUT2D eigenvalue weighted by Crippen LogP contribution is 2.31. The fourth-order valence-corrected chi connectivity index (χ4v) is 4.00. The molecule has 1 aliphatic heterocycles. The molecule has 35 heavy (non-hydrogen) atoms. The number of aliphatic hydroxyl groups is 2. The minimum Gasteiger partial charge on any atom is -0.489 e. The Morgan fingerprint density at radius 2 is 2.09 bits per heavy atom. The Bertz CT molecular complexity index is 1240. The number of anilines is 1. The summed E-state index contributed by atoms with van der Waals surface area (Å²) in [4.78, 5) is 21.0. The monoisotopic (exact) mass is 476 g/mol. The van der Waals surface area contributed by atoms with Gasteiger partial charge in [0, 0.05) is 43.5 Å². The van der Waals surface area contributed by atoms with Crippen molar-refractivity contribution in [3.8, 4) is 22.9 Å². The number of hydrogen-bond donors (Lipinski definition) is 2. The van der Waals surface area contributed by atoms with Gasteiger partial charge in [0.25, 0.3) is 0 Å². The highest BCUT2D eigenvalue weighted by atomic mass is 16.5. The van der Waals surface area contributed by atoms with Gasteiger partial charge < -0.3 is 24.7 Å². The quantitative estimate of drug-likeness (QED) is 0.468. The maximum atomic E-state index is 12.4. The lowest BCUT2D eigenvalue weighted by atomic mass is 10.1. The zero-order valence-corrected chi connectivity index (χ0v) is 19.5. The van der Waals surface area contributed by atoms with Gasteiger partial charge in [0.2, 0.25) is 5.91 Å². The minimum atomic E-state index is -1.00. The summed E-state index contributed by atoms with van der Waals surface area (Å²) in [6, 6.07) is 7.77. The molecule has 10 heteroatoms. The van der Waals surface area contributed by atoms with Crippen LogP contribution < -0.4 is 9.64 Å². The zero-order valence-electron chi connectivity index (χ0n) is 19.5. The molecule has 0 saturated carbocycles. The van der Waals surface area contributed by atoms with Gasteiger partial charge >= 0.3 is 0 Å². The molecule has 0 radical (unpaired) electrons. The Kier molecular flexibility index (Phi) is 7.29. The van der Waals surface area contributed by atoms with Crippen LogP contribution in [0.3, 0.4) is 0 Å². The van der Waals surface area contributed by atoms with Crippen LogP contribution in [0.15, 0.2) is 49.4 Å². The number of piperazine rings is 1. The molecule has 1 amide bonds. The molecule has 0 spiro atoms. The van der Waals surface area contributed by atoms with Crippen LogP contribution >= 0.6 is 0 Å². The molecule has 10 nitrogen and oxygen atoms in total. The van der Waals surface area contributed by atoms with Gasteiger partial charge in [-0.25, -0.2) is 9.50 Å². The molecule has 1 unspecified atom stereocenters. The van der Waals surface area contributed by atoms with E-state index in [1.165, 1.54) is 6.20 Å². The van der Waals surface area contributed by atoms with Crippen molar-refractivity contribution >= 4 is 17.2 Å². The molecule has 1 saturated heterocycles. The lowest BCUT2D eigenvalue weighted by Crippen LogP contribution is -2.50. The van der Waals surface area contributed by atoms with Crippen molar-refractivity contribution in [3.63, 3.8) is 0 Å². The summed E-state index contributed by atoms with van der Waals surface area (Å²) in [5.41, 5.74) is 2.53. The smallest absolute Gasteiger partial charge is 0.229 e. The van der Waals surface area contributed by atoms with Crippen molar-refractivity contribution in [2.75, 3.05) is 44.3 Å². The van der Waals surface area contributed by atoms with Crippen LogP contribution in [0.5, 0.6) is 5.75 Å². The first kappa shape index (κ1) is 24.2. The maximum absolute atomic E-state index is 12.4. The lowest BCUT2D eigenvalue weighted by molar-refractivity contribution is -0.133. The topological polar surface area (TPSA) is 127 Å². The molecule has 0 bridgehead atoms. The summed E-state index contributed by atoms with van der Waals surface area (Å²) in [7, 11) is 0. The summed E-state index contributed by atoms with van der Waals surface area (Å²) < 4.78 is 7.18. The van der Waals surface area contributed by atoms with Crippen LogP contribution in [0.1, 0.15) is 12.5 Å². The molecule has 4 heterocycles. The number of carbonyl (C=O) groups is 1. The normalized spacial score (nSPS) is 15.5. The molecule has 3 aromatic heterocycles. The summed E-state index contributed by atoms with van der Waals surface area (Å²) in [5, 5.41) is 32.5. The maximum Gasteiger partial charge on any atom is 0.229 e. The Morgan fingerprint density at radius 3 is 2.71 bits per heavy atom. The Morgan fingerprint density at radius 1 is 1.31 bits per heavy atom. The number of pyridine rings is 2. The number of carbonyl (C=O) groups excluding carboxylic acids is 1. The fourth-order valence-electron chi connectivity index (χ4n) is 4.00. The van der Waals surface area contributed by atoms with Gasteiger partial charge in [-0.2, -0.15) is 10.4 Å². The van der Waals surface area contributed by atoms with Gasteiger partial charge in [-0.15, -0.1) is 6.58 Å². The van der Waals surface area contributed by atoms with E-state index < -0.39 is 12.7 Å². The van der Waals surface area contributed by atoms with Gasteiger partial charge in [0.05, 0.1) is 36.0 Å². The standard InChI is InChI=1S/C25H28N6O4/c1-3-17(2)25(34)30-8-6-29(7-9-30)23-5-4-18(12-27-23)22-10-21(35-16-20(33)15-32)14-31-24(22)19(11-26)13-28-31/h3-5,10,12-14,17,20,32-33H,1,6-9,15-16H2,2H3/t17?,20-/m0/s1. The Hall–Kier alpha value is -3.94. The third kappa shape index (κ3) is 5.11. The van der Waals surface area contributed by atoms with Crippen molar-refractivity contribution in [2.45, 2.75) is 13.0 Å². The van der Waals surface area contributed by atoms with E-state index in [9.17, 15) is 15.2 Å². The average molecular weight is 477 g/mol. The molecule has 2 N–H and O–H groups in total. The van der Waals surface area contributed by atoms with Crippen LogP contribution in [-0.2, 0) is 4.79 Å². The van der Waals surface area contributed by atoms with Crippen molar-refractivity contribution < 1.29 is 19.7 Å². The molecule has 0 aromatic carbocycles. The van der Waals surface area contributed by atoms with Crippen LogP contribution in [0.25, 0.3) is 16.6 Å². The molecule has 1 fully saturated rings. The van der Waals surface area contributed by atoms with Crippen LogP contribution in [0, 0.1) is 17.2 Å². The second-order valence-electron chi connectivity index (χ2n) is 8.44. The predicted octanol–water partition coefficient (Wildman–Crippen LogP) is 1.47. The Balaban J connectivity index is 1.56. The summed E-state index contributed by atoms with van der Waals surface area (Å²) in [6.07, 6.45) is 5.51. The van der Waals surface area contributed by atoms with Crippen LogP contribution in [-0.4, -0.2) is 81.1 Å². The first-order chi connectivity index (χ1) is 16.9. The Labute approximate surface area is 203 Å². The van der Waals surface area contributed by atoms with E-state index in [1.807, 2.05) is 24.0 Å². The molecule has 2 atom stereocenters. The van der Waals surface area contributed by atoms with Gasteiger partial charge in [0.15, 0.2) is 0 Å². The molecular weight excluding hydrogens is 448 g/mol. The SMILES string of the molecule is C=CC(C)C(=O)N1CCN(c2ccc(-c3cc(OC[C@@H](O)CO)cn4ncc(C#N)c34)cn2)CC1. The predicted molar refractivity (Wildman–Crippen MR) is 130 cm³/mol. The van der Waals surface area contributed by atoms with Gasteiger partial charge in [0.1, 0.15) is 30.3 Å². The summed E-state index contributed by atoms with van der Waals surface area (Å²) in [5.74, 6) is 1.14. The van der Waals surface area contributed by atoms with E-state index in [1.54, 1.807) is 29.1 Å². The van der Waals surface area contributed by atoms with E-state index in [4.69, 9.17) is 9.84 Å². The second-order valence-corrected chi connectivity index (χ2v) is 8.44. The van der Waals surface area contributed by atoms with Crippen LogP contribution in [0.4, 0.5) is 5.82 Å². The first-order valence-electron chi connectivity index (χ1n) is 11.4.